The molecule has 3 rings (SSSR count). The molecule has 2 amide bonds. The van der Waals surface area contributed by atoms with E-state index in [1.54, 1.807) is 0 Å². The van der Waals surface area contributed by atoms with Crippen molar-refractivity contribution < 1.29 is 9.59 Å². The van der Waals surface area contributed by atoms with E-state index in [-0.39, 0.29) is 17.7 Å². The summed E-state index contributed by atoms with van der Waals surface area (Å²) >= 11 is 0. The maximum atomic E-state index is 12.1. The van der Waals surface area contributed by atoms with E-state index in [9.17, 15) is 9.59 Å². The highest BCUT2D eigenvalue weighted by atomic mass is 16.2. The quantitative estimate of drug-likeness (QED) is 0.817. The number of rotatable bonds is 4. The van der Waals surface area contributed by atoms with Gasteiger partial charge in [-0.05, 0) is 31.6 Å². The molecule has 1 heterocycles. The Morgan fingerprint density at radius 1 is 1.22 bits per heavy atom. The zero-order chi connectivity index (χ0) is 12.5. The van der Waals surface area contributed by atoms with Crippen LogP contribution < -0.4 is 5.32 Å². The maximum absolute atomic E-state index is 12.1. The van der Waals surface area contributed by atoms with Crippen molar-refractivity contribution in [3.63, 3.8) is 0 Å². The fourth-order valence-electron chi connectivity index (χ4n) is 3.13. The fourth-order valence-corrected chi connectivity index (χ4v) is 3.13. The molecule has 4 heteroatoms. The van der Waals surface area contributed by atoms with Crippen LogP contribution >= 0.6 is 0 Å². The minimum Gasteiger partial charge on any atom is -0.353 e. The topological polar surface area (TPSA) is 49.4 Å². The zero-order valence-corrected chi connectivity index (χ0v) is 10.9. The molecule has 0 spiro atoms. The highest BCUT2D eigenvalue weighted by molar-refractivity contribution is 5.89. The SMILES string of the molecule is O=C(NC1CCCC1)[C@H]1CC(=O)N(CC2CC2)C1. The van der Waals surface area contributed by atoms with Crippen LogP contribution in [0, 0.1) is 11.8 Å². The molecule has 0 unspecified atom stereocenters. The van der Waals surface area contributed by atoms with Gasteiger partial charge >= 0.3 is 0 Å². The van der Waals surface area contributed by atoms with Gasteiger partial charge in [-0.2, -0.15) is 0 Å². The number of hydrogen-bond donors (Lipinski definition) is 1. The Hall–Kier alpha value is -1.06. The highest BCUT2D eigenvalue weighted by Gasteiger charge is 2.37. The van der Waals surface area contributed by atoms with Gasteiger partial charge < -0.3 is 10.2 Å². The summed E-state index contributed by atoms with van der Waals surface area (Å²) in [5, 5.41) is 3.11. The van der Waals surface area contributed by atoms with Crippen molar-refractivity contribution in [1.82, 2.24) is 10.2 Å². The number of nitrogens with zero attached hydrogens (tertiary/aromatic N) is 1. The van der Waals surface area contributed by atoms with Crippen LogP contribution in [0.5, 0.6) is 0 Å². The molecule has 2 aliphatic carbocycles. The third-order valence-corrected chi connectivity index (χ3v) is 4.46. The Morgan fingerprint density at radius 3 is 2.61 bits per heavy atom. The summed E-state index contributed by atoms with van der Waals surface area (Å²) in [6, 6.07) is 0.366. The molecule has 1 atom stereocenters. The van der Waals surface area contributed by atoms with Crippen molar-refractivity contribution in [1.29, 1.82) is 0 Å². The average Bonchev–Trinajstić information content (AvgIpc) is 2.86. The van der Waals surface area contributed by atoms with Crippen LogP contribution in [0.3, 0.4) is 0 Å². The summed E-state index contributed by atoms with van der Waals surface area (Å²) in [7, 11) is 0. The van der Waals surface area contributed by atoms with E-state index < -0.39 is 0 Å². The number of hydrogen-bond acceptors (Lipinski definition) is 2. The monoisotopic (exact) mass is 250 g/mol. The molecule has 1 aliphatic heterocycles. The summed E-state index contributed by atoms with van der Waals surface area (Å²) in [6.45, 7) is 1.53. The Labute approximate surface area is 108 Å². The molecule has 3 fully saturated rings. The minimum atomic E-state index is -0.100. The van der Waals surface area contributed by atoms with Crippen LogP contribution in [0.1, 0.15) is 44.9 Å². The number of likely N-dealkylation sites (tertiary alicyclic amines) is 1. The van der Waals surface area contributed by atoms with E-state index in [0.717, 1.165) is 19.4 Å². The minimum absolute atomic E-state index is 0.100. The molecule has 3 aliphatic rings. The lowest BCUT2D eigenvalue weighted by Gasteiger charge is -2.17. The Morgan fingerprint density at radius 2 is 1.94 bits per heavy atom. The summed E-state index contributed by atoms with van der Waals surface area (Å²) in [4.78, 5) is 25.8. The number of nitrogens with one attached hydrogen (secondary N) is 1. The first-order valence-electron chi connectivity index (χ1n) is 7.30. The Bertz CT molecular complexity index is 346. The molecular weight excluding hydrogens is 228 g/mol. The molecule has 0 aromatic carbocycles. The molecule has 0 radical (unpaired) electrons. The molecule has 0 aromatic rings. The predicted octanol–water partition coefficient (Wildman–Crippen LogP) is 1.30. The normalized spacial score (nSPS) is 29.0. The highest BCUT2D eigenvalue weighted by Crippen LogP contribution is 2.32. The first kappa shape index (κ1) is 12.0. The van der Waals surface area contributed by atoms with Crippen LogP contribution in [0.2, 0.25) is 0 Å². The van der Waals surface area contributed by atoms with Crippen molar-refractivity contribution in [2.75, 3.05) is 13.1 Å². The molecular formula is C14H22N2O2. The Kier molecular flexibility index (Phi) is 3.27. The van der Waals surface area contributed by atoms with Crippen LogP contribution in [-0.2, 0) is 9.59 Å². The fraction of sp³-hybridized carbons (Fsp3) is 0.857. The molecule has 4 nitrogen and oxygen atoms in total. The van der Waals surface area contributed by atoms with Gasteiger partial charge in [0.1, 0.15) is 0 Å². The lowest BCUT2D eigenvalue weighted by molar-refractivity contribution is -0.129. The van der Waals surface area contributed by atoms with E-state index >= 15 is 0 Å². The molecule has 100 valence electrons. The third-order valence-electron chi connectivity index (χ3n) is 4.46. The van der Waals surface area contributed by atoms with E-state index in [1.807, 2.05) is 4.90 Å². The molecule has 2 saturated carbocycles. The van der Waals surface area contributed by atoms with Crippen molar-refractivity contribution in [3.05, 3.63) is 0 Å². The van der Waals surface area contributed by atoms with Gasteiger partial charge in [-0.25, -0.2) is 0 Å². The number of carbonyl (C=O) groups excluding carboxylic acids is 2. The van der Waals surface area contributed by atoms with Crippen LogP contribution in [0.15, 0.2) is 0 Å². The van der Waals surface area contributed by atoms with Crippen molar-refractivity contribution in [2.24, 2.45) is 11.8 Å². The number of carbonyl (C=O) groups is 2. The summed E-state index contributed by atoms with van der Waals surface area (Å²) in [5.41, 5.74) is 0. The van der Waals surface area contributed by atoms with Gasteiger partial charge in [-0.3, -0.25) is 9.59 Å². The van der Waals surface area contributed by atoms with Gasteiger partial charge in [0.2, 0.25) is 11.8 Å². The first-order valence-corrected chi connectivity index (χ1v) is 7.30. The second-order valence-corrected chi connectivity index (χ2v) is 6.13. The summed E-state index contributed by atoms with van der Waals surface area (Å²) < 4.78 is 0. The van der Waals surface area contributed by atoms with E-state index in [1.165, 1.54) is 25.7 Å². The second kappa shape index (κ2) is 4.90. The smallest absolute Gasteiger partial charge is 0.225 e. The van der Waals surface area contributed by atoms with Crippen LogP contribution in [0.25, 0.3) is 0 Å². The zero-order valence-electron chi connectivity index (χ0n) is 10.9. The molecule has 18 heavy (non-hydrogen) atoms. The second-order valence-electron chi connectivity index (χ2n) is 6.13. The summed E-state index contributed by atoms with van der Waals surface area (Å²) in [6.07, 6.45) is 7.60. The van der Waals surface area contributed by atoms with Gasteiger partial charge in [-0.15, -0.1) is 0 Å². The van der Waals surface area contributed by atoms with Gasteiger partial charge in [0.05, 0.1) is 5.92 Å². The molecule has 0 bridgehead atoms. The molecule has 0 aromatic heterocycles. The Balaban J connectivity index is 1.49. The lowest BCUT2D eigenvalue weighted by Crippen LogP contribution is -2.38. The average molecular weight is 250 g/mol. The predicted molar refractivity (Wildman–Crippen MR) is 67.8 cm³/mol. The van der Waals surface area contributed by atoms with Gasteiger partial charge in [0, 0.05) is 25.6 Å². The lowest BCUT2D eigenvalue weighted by atomic mass is 10.1. The first-order chi connectivity index (χ1) is 8.72. The van der Waals surface area contributed by atoms with E-state index in [2.05, 4.69) is 5.32 Å². The van der Waals surface area contributed by atoms with Crippen LogP contribution in [-0.4, -0.2) is 35.8 Å². The standard InChI is InChI=1S/C14H22N2O2/c17-13-7-11(9-16(13)8-10-5-6-10)14(18)15-12-3-1-2-4-12/h10-12H,1-9H2,(H,15,18)/t11-/m0/s1. The third kappa shape index (κ3) is 2.68. The van der Waals surface area contributed by atoms with Crippen molar-refractivity contribution in [2.45, 2.75) is 51.0 Å². The van der Waals surface area contributed by atoms with Gasteiger partial charge in [-0.1, -0.05) is 12.8 Å². The molecule has 1 saturated heterocycles. The van der Waals surface area contributed by atoms with Crippen molar-refractivity contribution >= 4 is 11.8 Å². The summed E-state index contributed by atoms with van der Waals surface area (Å²) in [5.74, 6) is 0.893. The van der Waals surface area contributed by atoms with E-state index in [4.69, 9.17) is 0 Å². The maximum Gasteiger partial charge on any atom is 0.225 e. The van der Waals surface area contributed by atoms with Gasteiger partial charge in [0.25, 0.3) is 0 Å². The van der Waals surface area contributed by atoms with Crippen LogP contribution in [0.4, 0.5) is 0 Å². The van der Waals surface area contributed by atoms with E-state index in [0.29, 0.717) is 24.9 Å². The van der Waals surface area contributed by atoms with Crippen molar-refractivity contribution in [3.8, 4) is 0 Å². The largest absolute Gasteiger partial charge is 0.353 e. The molecule has 1 N–H and O–H groups in total. The number of amides is 2. The van der Waals surface area contributed by atoms with Gasteiger partial charge in [0.15, 0.2) is 0 Å².